The van der Waals surface area contributed by atoms with Gasteiger partial charge in [0, 0.05) is 24.0 Å². The lowest BCUT2D eigenvalue weighted by atomic mass is 9.67. The quantitative estimate of drug-likeness (QED) is 0.550. The third-order valence-electron chi connectivity index (χ3n) is 7.04. The maximum absolute atomic E-state index is 15.4. The molecule has 0 radical (unpaired) electrons. The van der Waals surface area contributed by atoms with Crippen LogP contribution in [0.2, 0.25) is 5.02 Å². The number of ether oxygens (including phenoxy) is 1. The van der Waals surface area contributed by atoms with Crippen molar-refractivity contribution in [3.8, 4) is 5.75 Å². The van der Waals surface area contributed by atoms with E-state index in [0.29, 0.717) is 17.9 Å². The maximum atomic E-state index is 15.4. The fourth-order valence-electron chi connectivity index (χ4n) is 5.49. The SMILES string of the molecule is CCN(C[C@@H]1CCC[C@@]2(S(=O)(=O)c3ccc(Cl)cc3)c3c(F)ccc(F)c3OCC12)S(C)(=O)=O. The summed E-state index contributed by atoms with van der Waals surface area (Å²) >= 11 is 5.96. The minimum absolute atomic E-state index is 0.0564. The van der Waals surface area contributed by atoms with Crippen molar-refractivity contribution < 1.29 is 30.4 Å². The van der Waals surface area contributed by atoms with Crippen molar-refractivity contribution in [2.45, 2.75) is 35.8 Å². The van der Waals surface area contributed by atoms with Crippen LogP contribution in [0.15, 0.2) is 41.3 Å². The summed E-state index contributed by atoms with van der Waals surface area (Å²) in [7, 11) is -7.82. The van der Waals surface area contributed by atoms with Crippen LogP contribution < -0.4 is 4.74 Å². The highest BCUT2D eigenvalue weighted by molar-refractivity contribution is 7.92. The van der Waals surface area contributed by atoms with E-state index >= 15 is 4.39 Å². The standard InChI is InChI=1S/C23H26ClF2NO5S2/c1-3-27(33(2,28)29)13-15-5-4-12-23(34(30,31)17-8-6-16(24)7-9-17)18(15)14-32-22-20(26)11-10-19(25)21(22)23/h6-11,15,18H,3-5,12-14H2,1-2H3/t15-,18?,23-/m0/s1. The highest BCUT2D eigenvalue weighted by Gasteiger charge is 2.61. The number of hydrogen-bond acceptors (Lipinski definition) is 5. The minimum atomic E-state index is -4.28. The van der Waals surface area contributed by atoms with Crippen LogP contribution >= 0.6 is 11.6 Å². The molecule has 0 N–H and O–H groups in total. The van der Waals surface area contributed by atoms with Crippen LogP contribution in [-0.2, 0) is 24.6 Å². The van der Waals surface area contributed by atoms with Crippen LogP contribution in [0.4, 0.5) is 8.78 Å². The number of nitrogens with zero attached hydrogens (tertiary/aromatic N) is 1. The second-order valence-corrected chi connectivity index (χ2v) is 13.5. The molecule has 4 rings (SSSR count). The van der Waals surface area contributed by atoms with E-state index in [1.807, 2.05) is 0 Å². The number of sulfone groups is 1. The summed E-state index contributed by atoms with van der Waals surface area (Å²) in [6, 6.07) is 7.41. The Labute approximate surface area is 203 Å². The van der Waals surface area contributed by atoms with Gasteiger partial charge in [-0.1, -0.05) is 24.9 Å². The van der Waals surface area contributed by atoms with E-state index in [4.69, 9.17) is 16.3 Å². The molecule has 34 heavy (non-hydrogen) atoms. The number of rotatable bonds is 6. The number of sulfonamides is 1. The number of fused-ring (bicyclic) bond motifs is 3. The van der Waals surface area contributed by atoms with Crippen molar-refractivity contribution in [3.05, 3.63) is 58.6 Å². The molecule has 1 aliphatic carbocycles. The maximum Gasteiger partial charge on any atom is 0.211 e. The number of benzene rings is 2. The Kier molecular flexibility index (Phi) is 6.74. The lowest BCUT2D eigenvalue weighted by Gasteiger charge is -2.51. The van der Waals surface area contributed by atoms with Gasteiger partial charge in [0.05, 0.1) is 23.3 Å². The zero-order valence-corrected chi connectivity index (χ0v) is 21.2. The van der Waals surface area contributed by atoms with Crippen LogP contribution in [0.3, 0.4) is 0 Å². The molecule has 0 bridgehead atoms. The fraction of sp³-hybridized carbons (Fsp3) is 0.478. The highest BCUT2D eigenvalue weighted by Crippen LogP contribution is 2.58. The fourth-order valence-corrected chi connectivity index (χ4v) is 8.99. The van der Waals surface area contributed by atoms with E-state index in [1.165, 1.54) is 28.6 Å². The second kappa shape index (κ2) is 9.04. The molecule has 0 aromatic heterocycles. The third-order valence-corrected chi connectivity index (χ3v) is 11.2. The first kappa shape index (κ1) is 25.3. The predicted octanol–water partition coefficient (Wildman–Crippen LogP) is 4.38. The first-order chi connectivity index (χ1) is 15.9. The molecule has 0 spiro atoms. The van der Waals surface area contributed by atoms with Crippen molar-refractivity contribution in [1.29, 1.82) is 0 Å². The Morgan fingerprint density at radius 1 is 1.09 bits per heavy atom. The molecule has 2 aliphatic rings. The first-order valence-corrected chi connectivity index (χ1v) is 14.7. The van der Waals surface area contributed by atoms with Gasteiger partial charge in [0.1, 0.15) is 10.6 Å². The van der Waals surface area contributed by atoms with Crippen LogP contribution in [-0.4, -0.2) is 47.1 Å². The van der Waals surface area contributed by atoms with Crippen LogP contribution in [0.1, 0.15) is 31.7 Å². The van der Waals surface area contributed by atoms with E-state index in [-0.39, 0.29) is 36.6 Å². The molecular weight excluding hydrogens is 508 g/mol. The van der Waals surface area contributed by atoms with E-state index in [1.54, 1.807) is 6.92 Å². The molecule has 0 saturated heterocycles. The van der Waals surface area contributed by atoms with Gasteiger partial charge in [0.15, 0.2) is 21.4 Å². The van der Waals surface area contributed by atoms with Crippen molar-refractivity contribution in [2.75, 3.05) is 26.0 Å². The average Bonchev–Trinajstić information content (AvgIpc) is 2.78. The average molecular weight is 534 g/mol. The van der Waals surface area contributed by atoms with Gasteiger partial charge in [-0.15, -0.1) is 0 Å². The predicted molar refractivity (Wildman–Crippen MR) is 125 cm³/mol. The largest absolute Gasteiger partial charge is 0.490 e. The molecule has 3 atom stereocenters. The molecular formula is C23H26ClF2NO5S2. The molecule has 0 amide bonds. The van der Waals surface area contributed by atoms with E-state index in [0.717, 1.165) is 18.4 Å². The molecule has 11 heteroatoms. The molecule has 2 aromatic carbocycles. The minimum Gasteiger partial charge on any atom is -0.490 e. The molecule has 1 saturated carbocycles. The summed E-state index contributed by atoms with van der Waals surface area (Å²) in [5.41, 5.74) is -0.314. The molecule has 1 unspecified atom stereocenters. The van der Waals surface area contributed by atoms with Crippen molar-refractivity contribution in [3.63, 3.8) is 0 Å². The summed E-state index contributed by atoms with van der Waals surface area (Å²) in [6.45, 7) is 1.79. The molecule has 2 aromatic rings. The Bertz CT molecular complexity index is 1300. The van der Waals surface area contributed by atoms with Crippen LogP contribution in [0.25, 0.3) is 0 Å². The monoisotopic (exact) mass is 533 g/mol. The highest BCUT2D eigenvalue weighted by atomic mass is 35.5. The zero-order chi connectivity index (χ0) is 24.9. The Balaban J connectivity index is 1.95. The zero-order valence-electron chi connectivity index (χ0n) is 18.8. The second-order valence-electron chi connectivity index (χ2n) is 8.86. The van der Waals surface area contributed by atoms with E-state index < -0.39 is 53.8 Å². The number of halogens is 3. The Morgan fingerprint density at radius 3 is 2.35 bits per heavy atom. The van der Waals surface area contributed by atoms with Crippen molar-refractivity contribution in [1.82, 2.24) is 4.31 Å². The van der Waals surface area contributed by atoms with E-state index in [2.05, 4.69) is 0 Å². The van der Waals surface area contributed by atoms with Crippen LogP contribution in [0.5, 0.6) is 5.75 Å². The molecule has 6 nitrogen and oxygen atoms in total. The third kappa shape index (κ3) is 4.02. The Hall–Kier alpha value is -1.75. The lowest BCUT2D eigenvalue weighted by molar-refractivity contribution is 0.0660. The van der Waals surface area contributed by atoms with Gasteiger partial charge >= 0.3 is 0 Å². The molecule has 1 fully saturated rings. The normalized spacial score (nSPS) is 24.9. The lowest BCUT2D eigenvalue weighted by Crippen LogP contribution is -2.56. The van der Waals surface area contributed by atoms with Crippen molar-refractivity contribution >= 4 is 31.5 Å². The van der Waals surface area contributed by atoms with Gasteiger partial charge in [0.2, 0.25) is 10.0 Å². The van der Waals surface area contributed by atoms with Gasteiger partial charge in [0.25, 0.3) is 0 Å². The topological polar surface area (TPSA) is 80.8 Å². The van der Waals surface area contributed by atoms with Gasteiger partial charge in [-0.25, -0.2) is 29.9 Å². The summed E-state index contributed by atoms with van der Waals surface area (Å²) in [5, 5.41) is 0.339. The van der Waals surface area contributed by atoms with Gasteiger partial charge in [-0.05, 0) is 55.2 Å². The van der Waals surface area contributed by atoms with Crippen LogP contribution in [0, 0.1) is 23.5 Å². The van der Waals surface area contributed by atoms with Gasteiger partial charge in [-0.3, -0.25) is 0 Å². The summed E-state index contributed by atoms with van der Waals surface area (Å²) in [6.07, 6.45) is 2.08. The molecule has 1 aliphatic heterocycles. The number of hydrogen-bond donors (Lipinski definition) is 0. The molecule has 186 valence electrons. The smallest absolute Gasteiger partial charge is 0.211 e. The van der Waals surface area contributed by atoms with Gasteiger partial charge in [-0.2, -0.15) is 0 Å². The summed E-state index contributed by atoms with van der Waals surface area (Å²) in [5.74, 6) is -3.34. The molecule has 1 heterocycles. The van der Waals surface area contributed by atoms with E-state index in [9.17, 15) is 21.2 Å². The summed E-state index contributed by atoms with van der Waals surface area (Å²) < 4.78 is 88.3. The first-order valence-electron chi connectivity index (χ1n) is 11.0. The summed E-state index contributed by atoms with van der Waals surface area (Å²) in [4.78, 5) is -0.0606. The Morgan fingerprint density at radius 2 is 1.74 bits per heavy atom. The van der Waals surface area contributed by atoms with Crippen molar-refractivity contribution in [2.24, 2.45) is 11.8 Å². The van der Waals surface area contributed by atoms with Gasteiger partial charge < -0.3 is 4.74 Å².